The van der Waals surface area contributed by atoms with Gasteiger partial charge in [0, 0.05) is 54.6 Å². The van der Waals surface area contributed by atoms with Gasteiger partial charge in [0.25, 0.3) is 0 Å². The van der Waals surface area contributed by atoms with Crippen LogP contribution in [0.25, 0.3) is 106 Å². The van der Waals surface area contributed by atoms with Gasteiger partial charge in [0.15, 0.2) is 11.6 Å². The Kier molecular flexibility index (Phi) is 4.44. The minimum Gasteiger partial charge on any atom is -0.455 e. The number of nitrogens with zero attached hydrogens (tertiary/aromatic N) is 4. The Hall–Kier alpha value is -7.05. The van der Waals surface area contributed by atoms with Crippen LogP contribution < -0.4 is 0 Å². The van der Waals surface area contributed by atoms with E-state index in [4.69, 9.17) is 34.8 Å². The standard InChI is InChI=1S/C45H26N4O2/c1-2-13-27(14-3-1)43-46-44(48-45(47-43)49-36-23-7-4-15-28(36)29-16-5-8-24-37(29)49)35-22-12-26-39-40(35)34-21-11-20-33(42(34)51-39)32-19-10-18-31-30-17-6-9-25-38(30)50-41(31)32/h1-26H/i4D,5D,7D,8D,15D,16D,23D,24D. The lowest BCUT2D eigenvalue weighted by molar-refractivity contribution is 0.665. The molecule has 0 bridgehead atoms. The lowest BCUT2D eigenvalue weighted by Gasteiger charge is -2.11. The van der Waals surface area contributed by atoms with Crippen LogP contribution in [0.2, 0.25) is 0 Å². The third-order valence-electron chi connectivity index (χ3n) is 9.35. The first-order valence-electron chi connectivity index (χ1n) is 20.3. The van der Waals surface area contributed by atoms with E-state index in [1.54, 1.807) is 0 Å². The highest BCUT2D eigenvalue weighted by molar-refractivity contribution is 6.17. The van der Waals surface area contributed by atoms with Gasteiger partial charge in [0.2, 0.25) is 5.95 Å². The van der Waals surface area contributed by atoms with Crippen LogP contribution in [0.15, 0.2) is 166 Å². The smallest absolute Gasteiger partial charge is 0.238 e. The lowest BCUT2D eigenvalue weighted by atomic mass is 9.99. The third kappa shape index (κ3) is 4.14. The Morgan fingerprint density at radius 2 is 1.02 bits per heavy atom. The molecule has 238 valence electrons. The normalized spacial score (nSPS) is 14.1. The van der Waals surface area contributed by atoms with Crippen molar-refractivity contribution in [2.45, 2.75) is 0 Å². The second-order valence-corrected chi connectivity index (χ2v) is 12.2. The number of rotatable bonds is 4. The van der Waals surface area contributed by atoms with Crippen molar-refractivity contribution in [2.75, 3.05) is 0 Å². The van der Waals surface area contributed by atoms with E-state index in [0.717, 1.165) is 38.5 Å². The molecule has 51 heavy (non-hydrogen) atoms. The van der Waals surface area contributed by atoms with Crippen molar-refractivity contribution >= 4 is 65.7 Å². The predicted octanol–water partition coefficient (Wildman–Crippen LogP) is 11.8. The molecule has 11 aromatic rings. The van der Waals surface area contributed by atoms with Crippen molar-refractivity contribution in [1.82, 2.24) is 19.5 Å². The molecular formula is C45H26N4O2. The Balaban J connectivity index is 1.23. The second kappa shape index (κ2) is 10.7. The van der Waals surface area contributed by atoms with E-state index in [0.29, 0.717) is 27.7 Å². The van der Waals surface area contributed by atoms with E-state index < -0.39 is 48.3 Å². The lowest BCUT2D eigenvalue weighted by Crippen LogP contribution is -2.06. The van der Waals surface area contributed by atoms with Crippen molar-refractivity contribution in [3.8, 4) is 39.9 Å². The maximum atomic E-state index is 9.06. The van der Waals surface area contributed by atoms with Crippen LogP contribution in [0.1, 0.15) is 11.0 Å². The molecular weight excluding hydrogens is 629 g/mol. The number of hydrogen-bond acceptors (Lipinski definition) is 5. The van der Waals surface area contributed by atoms with Crippen LogP contribution in [0.3, 0.4) is 0 Å². The number of furan rings is 2. The minimum atomic E-state index is -0.539. The summed E-state index contributed by atoms with van der Waals surface area (Å²) < 4.78 is 84.5. The maximum Gasteiger partial charge on any atom is 0.238 e. The van der Waals surface area contributed by atoms with E-state index in [9.17, 15) is 0 Å². The summed E-state index contributed by atoms with van der Waals surface area (Å²) >= 11 is 0. The summed E-state index contributed by atoms with van der Waals surface area (Å²) in [7, 11) is 0. The monoisotopic (exact) mass is 662 g/mol. The van der Waals surface area contributed by atoms with Gasteiger partial charge in [-0.2, -0.15) is 9.97 Å². The summed E-state index contributed by atoms with van der Waals surface area (Å²) in [6, 6.07) is 30.7. The number of fused-ring (bicyclic) bond motifs is 9. The summed E-state index contributed by atoms with van der Waals surface area (Å²) in [4.78, 5) is 14.8. The molecule has 0 radical (unpaired) electrons. The molecule has 0 aliphatic carbocycles. The van der Waals surface area contributed by atoms with Gasteiger partial charge in [-0.15, -0.1) is 0 Å². The molecule has 0 spiro atoms. The summed E-state index contributed by atoms with van der Waals surface area (Å²) in [6.07, 6.45) is 0. The number of aromatic nitrogens is 4. The van der Waals surface area contributed by atoms with Crippen LogP contribution >= 0.6 is 0 Å². The fourth-order valence-electron chi connectivity index (χ4n) is 7.13. The Labute approximate surface area is 302 Å². The average Bonchev–Trinajstić information content (AvgIpc) is 3.97. The van der Waals surface area contributed by atoms with Crippen molar-refractivity contribution in [3.05, 3.63) is 158 Å². The molecule has 0 saturated carbocycles. The Morgan fingerprint density at radius 3 is 1.80 bits per heavy atom. The molecule has 4 heterocycles. The van der Waals surface area contributed by atoms with E-state index in [-0.39, 0.29) is 39.4 Å². The fraction of sp³-hybridized carbons (Fsp3) is 0. The molecule has 11 rings (SSSR count). The zero-order valence-electron chi connectivity index (χ0n) is 34.5. The van der Waals surface area contributed by atoms with Crippen LogP contribution in [0, 0.1) is 0 Å². The molecule has 0 aliphatic rings. The van der Waals surface area contributed by atoms with Crippen molar-refractivity contribution < 1.29 is 19.8 Å². The van der Waals surface area contributed by atoms with Crippen LogP contribution in [0.4, 0.5) is 0 Å². The largest absolute Gasteiger partial charge is 0.455 e. The second-order valence-electron chi connectivity index (χ2n) is 12.2. The fourth-order valence-corrected chi connectivity index (χ4v) is 7.13. The van der Waals surface area contributed by atoms with Gasteiger partial charge in [0.1, 0.15) is 22.3 Å². The molecule has 0 saturated heterocycles. The van der Waals surface area contributed by atoms with Gasteiger partial charge in [-0.25, -0.2) is 4.98 Å². The first-order valence-corrected chi connectivity index (χ1v) is 16.3. The first-order chi connectivity index (χ1) is 28.6. The Morgan fingerprint density at radius 1 is 0.451 bits per heavy atom. The molecule has 0 atom stereocenters. The minimum absolute atomic E-state index is 0.0730. The zero-order chi connectivity index (χ0) is 40.4. The summed E-state index contributed by atoms with van der Waals surface area (Å²) in [5, 5.41) is 3.34. The summed E-state index contributed by atoms with van der Waals surface area (Å²) in [5.74, 6) is 0.318. The van der Waals surface area contributed by atoms with E-state index in [2.05, 4.69) is 0 Å². The van der Waals surface area contributed by atoms with Gasteiger partial charge < -0.3 is 8.83 Å². The Bertz CT molecular complexity index is 3540. The zero-order valence-corrected chi connectivity index (χ0v) is 26.5. The molecule has 0 aliphatic heterocycles. The molecule has 6 nitrogen and oxygen atoms in total. The molecule has 7 aromatic carbocycles. The third-order valence-corrected chi connectivity index (χ3v) is 9.35. The molecule has 0 unspecified atom stereocenters. The van der Waals surface area contributed by atoms with E-state index >= 15 is 0 Å². The molecule has 0 N–H and O–H groups in total. The van der Waals surface area contributed by atoms with Crippen molar-refractivity contribution in [3.63, 3.8) is 0 Å². The molecule has 0 amide bonds. The molecule has 0 fully saturated rings. The van der Waals surface area contributed by atoms with Crippen molar-refractivity contribution in [2.24, 2.45) is 0 Å². The SMILES string of the molecule is [2H]c1c([2H])c([2H])c2c(c1[2H])c1c([2H])c([2H])c([2H])c([2H])c1n2-c1nc(-c2ccccc2)nc(-c2cccc3oc4c(-c5cccc6c5oc5ccccc56)cccc4c23)n1. The summed E-state index contributed by atoms with van der Waals surface area (Å²) in [5.41, 5.74) is 5.39. The quantitative estimate of drug-likeness (QED) is 0.188. The van der Waals surface area contributed by atoms with E-state index in [1.165, 1.54) is 4.57 Å². The van der Waals surface area contributed by atoms with Crippen LogP contribution in [-0.4, -0.2) is 19.5 Å². The molecule has 6 heteroatoms. The van der Waals surface area contributed by atoms with Gasteiger partial charge in [-0.05, 0) is 24.2 Å². The van der Waals surface area contributed by atoms with Gasteiger partial charge >= 0.3 is 0 Å². The van der Waals surface area contributed by atoms with E-state index in [1.807, 2.05) is 109 Å². The van der Waals surface area contributed by atoms with Gasteiger partial charge in [0.05, 0.1) is 22.0 Å². The molecule has 4 aromatic heterocycles. The highest BCUT2D eigenvalue weighted by Crippen LogP contribution is 2.43. The average molecular weight is 663 g/mol. The van der Waals surface area contributed by atoms with Crippen LogP contribution in [-0.2, 0) is 0 Å². The summed E-state index contributed by atoms with van der Waals surface area (Å²) in [6.45, 7) is 0. The highest BCUT2D eigenvalue weighted by atomic mass is 16.3. The number of hydrogen-bond donors (Lipinski definition) is 0. The van der Waals surface area contributed by atoms with Crippen LogP contribution in [0.5, 0.6) is 0 Å². The van der Waals surface area contributed by atoms with Crippen molar-refractivity contribution in [1.29, 1.82) is 0 Å². The van der Waals surface area contributed by atoms with Gasteiger partial charge in [-0.3, -0.25) is 4.57 Å². The predicted molar refractivity (Wildman–Crippen MR) is 205 cm³/mol. The maximum absolute atomic E-state index is 9.06. The topological polar surface area (TPSA) is 69.9 Å². The number of para-hydroxylation sites is 5. The first kappa shape index (κ1) is 21.1. The highest BCUT2D eigenvalue weighted by Gasteiger charge is 2.22. The van der Waals surface area contributed by atoms with Gasteiger partial charge in [-0.1, -0.05) is 133 Å². The number of benzene rings is 7.